The Hall–Kier alpha value is -1.42. The number of hydrogen-bond donors (Lipinski definition) is 2. The van der Waals surface area contributed by atoms with Crippen LogP contribution in [0.2, 0.25) is 5.02 Å². The molecular formula is C22H35ClN2O2. The van der Waals surface area contributed by atoms with E-state index in [1.54, 1.807) is 0 Å². The number of amides is 2. The lowest BCUT2D eigenvalue weighted by molar-refractivity contribution is 0.218. The Morgan fingerprint density at radius 1 is 0.963 bits per heavy atom. The lowest BCUT2D eigenvalue weighted by Gasteiger charge is -2.20. The van der Waals surface area contributed by atoms with Crippen LogP contribution in [0, 0.1) is 13.8 Å². The second-order valence-corrected chi connectivity index (χ2v) is 8.14. The van der Waals surface area contributed by atoms with Crippen LogP contribution in [0.1, 0.15) is 81.8 Å². The zero-order chi connectivity index (χ0) is 19.5. The summed E-state index contributed by atoms with van der Waals surface area (Å²) in [6.07, 6.45) is 13.9. The second-order valence-electron chi connectivity index (χ2n) is 7.77. The number of benzene rings is 1. The van der Waals surface area contributed by atoms with Gasteiger partial charge in [-0.05, 0) is 49.9 Å². The molecule has 152 valence electrons. The van der Waals surface area contributed by atoms with Crippen molar-refractivity contribution in [2.45, 2.75) is 90.5 Å². The maximum Gasteiger partial charge on any atom is 0.317 e. The maximum absolute atomic E-state index is 12.2. The molecule has 0 saturated heterocycles. The average Bonchev–Trinajstić information content (AvgIpc) is 2.62. The van der Waals surface area contributed by atoms with Crippen molar-refractivity contribution in [2.75, 3.05) is 6.73 Å². The molecule has 2 amide bonds. The molecule has 1 aliphatic carbocycles. The third kappa shape index (κ3) is 8.42. The predicted molar refractivity (Wildman–Crippen MR) is 113 cm³/mol. The molecule has 27 heavy (non-hydrogen) atoms. The number of nitrogens with one attached hydrogen (secondary N) is 2. The Morgan fingerprint density at radius 2 is 1.44 bits per heavy atom. The summed E-state index contributed by atoms with van der Waals surface area (Å²) in [6, 6.07) is 3.91. The van der Waals surface area contributed by atoms with Crippen LogP contribution in [0.5, 0.6) is 5.75 Å². The van der Waals surface area contributed by atoms with E-state index in [1.165, 1.54) is 57.8 Å². The fourth-order valence-corrected chi connectivity index (χ4v) is 3.83. The molecule has 0 aromatic heterocycles. The van der Waals surface area contributed by atoms with E-state index in [9.17, 15) is 4.79 Å². The van der Waals surface area contributed by atoms with E-state index < -0.39 is 0 Å². The summed E-state index contributed by atoms with van der Waals surface area (Å²) in [5, 5.41) is 6.71. The van der Waals surface area contributed by atoms with Gasteiger partial charge < -0.3 is 15.4 Å². The van der Waals surface area contributed by atoms with Crippen molar-refractivity contribution in [2.24, 2.45) is 0 Å². The lowest BCUT2D eigenvalue weighted by Crippen LogP contribution is -2.43. The number of hydrogen-bond acceptors (Lipinski definition) is 2. The van der Waals surface area contributed by atoms with Gasteiger partial charge in [-0.2, -0.15) is 0 Å². The Bertz CT molecular complexity index is 557. The maximum atomic E-state index is 12.2. The van der Waals surface area contributed by atoms with Crippen molar-refractivity contribution in [1.29, 1.82) is 0 Å². The van der Waals surface area contributed by atoms with Crippen molar-refractivity contribution in [1.82, 2.24) is 10.6 Å². The van der Waals surface area contributed by atoms with Crippen LogP contribution in [0.4, 0.5) is 4.79 Å². The first-order chi connectivity index (χ1) is 13.1. The molecule has 0 aliphatic heterocycles. The van der Waals surface area contributed by atoms with Crippen LogP contribution < -0.4 is 15.4 Å². The molecule has 2 rings (SSSR count). The average molecular weight is 395 g/mol. The van der Waals surface area contributed by atoms with Crippen molar-refractivity contribution in [3.8, 4) is 5.75 Å². The highest BCUT2D eigenvalue weighted by Gasteiger charge is 2.12. The molecule has 0 unspecified atom stereocenters. The van der Waals surface area contributed by atoms with E-state index in [1.807, 2.05) is 26.0 Å². The Morgan fingerprint density at radius 3 is 1.96 bits per heavy atom. The zero-order valence-corrected chi connectivity index (χ0v) is 17.7. The SMILES string of the molecule is Cc1cc(OCNC(=O)NC2CCCCCCCCCCC2)cc(C)c1Cl. The van der Waals surface area contributed by atoms with Gasteiger partial charge >= 0.3 is 6.03 Å². The molecule has 0 bridgehead atoms. The van der Waals surface area contributed by atoms with Crippen LogP contribution in [-0.4, -0.2) is 18.8 Å². The highest BCUT2D eigenvalue weighted by atomic mass is 35.5. The van der Waals surface area contributed by atoms with E-state index in [4.69, 9.17) is 16.3 Å². The third-order valence-corrected chi connectivity index (χ3v) is 5.92. The molecule has 0 atom stereocenters. The summed E-state index contributed by atoms with van der Waals surface area (Å²) < 4.78 is 5.66. The summed E-state index contributed by atoms with van der Waals surface area (Å²) in [7, 11) is 0. The fourth-order valence-electron chi connectivity index (χ4n) is 3.72. The first-order valence-corrected chi connectivity index (χ1v) is 10.9. The van der Waals surface area contributed by atoms with Gasteiger partial charge in [0, 0.05) is 11.1 Å². The van der Waals surface area contributed by atoms with Crippen molar-refractivity contribution in [3.05, 3.63) is 28.3 Å². The molecule has 4 nitrogen and oxygen atoms in total. The Balaban J connectivity index is 1.73. The van der Waals surface area contributed by atoms with Crippen LogP contribution in [0.3, 0.4) is 0 Å². The number of halogens is 1. The van der Waals surface area contributed by atoms with E-state index in [2.05, 4.69) is 10.6 Å². The summed E-state index contributed by atoms with van der Waals surface area (Å²) in [5.74, 6) is 0.723. The number of carbonyl (C=O) groups is 1. The Kier molecular flexibility index (Phi) is 9.82. The van der Waals surface area contributed by atoms with Crippen LogP contribution >= 0.6 is 11.6 Å². The minimum atomic E-state index is -0.144. The summed E-state index contributed by atoms with van der Waals surface area (Å²) in [6.45, 7) is 4.05. The smallest absolute Gasteiger partial charge is 0.317 e. The van der Waals surface area contributed by atoms with Gasteiger partial charge in [0.2, 0.25) is 0 Å². The second kappa shape index (κ2) is 12.1. The van der Waals surface area contributed by atoms with E-state index in [-0.39, 0.29) is 18.8 Å². The van der Waals surface area contributed by atoms with Crippen LogP contribution in [0.25, 0.3) is 0 Å². The molecule has 1 aliphatic rings. The quantitative estimate of drug-likeness (QED) is 0.591. The van der Waals surface area contributed by atoms with E-state index in [0.717, 1.165) is 34.7 Å². The number of rotatable bonds is 4. The molecule has 0 radical (unpaired) electrons. The largest absolute Gasteiger partial charge is 0.473 e. The molecule has 1 saturated carbocycles. The Labute approximate surface area is 169 Å². The number of urea groups is 1. The van der Waals surface area contributed by atoms with Gasteiger partial charge in [-0.25, -0.2) is 4.79 Å². The molecule has 1 aromatic carbocycles. The molecule has 1 aromatic rings. The molecular weight excluding hydrogens is 360 g/mol. The molecule has 1 fully saturated rings. The zero-order valence-electron chi connectivity index (χ0n) is 16.9. The van der Waals surface area contributed by atoms with Crippen LogP contribution in [0.15, 0.2) is 12.1 Å². The molecule has 5 heteroatoms. The lowest BCUT2D eigenvalue weighted by atomic mass is 9.98. The number of aryl methyl sites for hydroxylation is 2. The highest BCUT2D eigenvalue weighted by Crippen LogP contribution is 2.25. The standard InChI is InChI=1S/C22H35ClN2O2/c1-17-14-20(15-18(2)21(17)23)27-16-24-22(26)25-19-12-10-8-6-4-3-5-7-9-11-13-19/h14-15,19H,3-13,16H2,1-2H3,(H2,24,25,26). The molecule has 2 N–H and O–H groups in total. The van der Waals surface area contributed by atoms with Gasteiger partial charge in [0.1, 0.15) is 5.75 Å². The summed E-state index contributed by atoms with van der Waals surface area (Å²) in [5.41, 5.74) is 1.95. The van der Waals surface area contributed by atoms with Gasteiger partial charge in [0.05, 0.1) is 0 Å². The topological polar surface area (TPSA) is 50.4 Å². The summed E-state index contributed by atoms with van der Waals surface area (Å²) in [4.78, 5) is 12.2. The highest BCUT2D eigenvalue weighted by molar-refractivity contribution is 6.32. The normalized spacial score (nSPS) is 17.4. The fraction of sp³-hybridized carbons (Fsp3) is 0.682. The molecule has 0 heterocycles. The van der Waals surface area contributed by atoms with Crippen molar-refractivity contribution in [3.63, 3.8) is 0 Å². The third-order valence-electron chi connectivity index (χ3n) is 5.32. The first-order valence-electron chi connectivity index (χ1n) is 10.5. The van der Waals surface area contributed by atoms with Crippen molar-refractivity contribution >= 4 is 17.6 Å². The number of carbonyl (C=O) groups excluding carboxylic acids is 1. The first kappa shape index (κ1) is 21.9. The van der Waals surface area contributed by atoms with E-state index >= 15 is 0 Å². The number of ether oxygens (including phenoxy) is 1. The van der Waals surface area contributed by atoms with E-state index in [0.29, 0.717) is 0 Å². The minimum Gasteiger partial charge on any atom is -0.473 e. The van der Waals surface area contributed by atoms with Gasteiger partial charge in [-0.1, -0.05) is 69.4 Å². The molecule has 0 spiro atoms. The van der Waals surface area contributed by atoms with Gasteiger partial charge in [-0.3, -0.25) is 0 Å². The summed E-state index contributed by atoms with van der Waals surface area (Å²) >= 11 is 6.17. The van der Waals surface area contributed by atoms with Gasteiger partial charge in [-0.15, -0.1) is 0 Å². The van der Waals surface area contributed by atoms with Gasteiger partial charge in [0.15, 0.2) is 6.73 Å². The monoisotopic (exact) mass is 394 g/mol. The van der Waals surface area contributed by atoms with Crippen molar-refractivity contribution < 1.29 is 9.53 Å². The van der Waals surface area contributed by atoms with Crippen LogP contribution in [-0.2, 0) is 0 Å². The minimum absolute atomic E-state index is 0.144. The predicted octanol–water partition coefficient (Wildman–Crippen LogP) is 6.27. The van der Waals surface area contributed by atoms with Gasteiger partial charge in [0.25, 0.3) is 0 Å².